The Labute approximate surface area is 270 Å². The van der Waals surface area contributed by atoms with E-state index in [1.807, 2.05) is 6.07 Å². The lowest BCUT2D eigenvalue weighted by atomic mass is 9.98. The summed E-state index contributed by atoms with van der Waals surface area (Å²) >= 11 is 3.22. The molecule has 2 rings (SSSR count). The molecule has 0 aromatic heterocycles. The standard InChI is InChI=1S/C31H39BrN2O11/c1-6-41-29(37)23(32)14-16-26(30(38)42-7-2)44-25-15-13-21(18-24(25)34(39)40)17-22(27(35)33-45-31(3,4)5)28(36)43-19-20-11-9-8-10-12-20/h8-13,15,18,22-23,26H,6-7,14,16-17,19H2,1-5H3,(H,33,35)/t22-,23-,26-/m0/s1. The molecule has 0 aliphatic heterocycles. The highest BCUT2D eigenvalue weighted by molar-refractivity contribution is 9.10. The number of nitro groups is 1. The molecule has 0 spiro atoms. The molecule has 0 heterocycles. The van der Waals surface area contributed by atoms with E-state index >= 15 is 0 Å². The van der Waals surface area contributed by atoms with E-state index in [2.05, 4.69) is 21.4 Å². The number of ether oxygens (including phenoxy) is 4. The van der Waals surface area contributed by atoms with E-state index in [4.69, 9.17) is 23.8 Å². The number of hydrogen-bond acceptors (Lipinski definition) is 11. The molecular weight excluding hydrogens is 656 g/mol. The maximum absolute atomic E-state index is 13.1. The Morgan fingerprint density at radius 2 is 1.53 bits per heavy atom. The molecule has 246 valence electrons. The Kier molecular flexibility index (Phi) is 14.9. The monoisotopic (exact) mass is 694 g/mol. The lowest BCUT2D eigenvalue weighted by Gasteiger charge is -2.22. The highest BCUT2D eigenvalue weighted by Crippen LogP contribution is 2.31. The van der Waals surface area contributed by atoms with Crippen molar-refractivity contribution in [3.05, 3.63) is 69.8 Å². The molecular formula is C31H39BrN2O11. The van der Waals surface area contributed by atoms with Crippen LogP contribution in [0.5, 0.6) is 5.75 Å². The van der Waals surface area contributed by atoms with Crippen LogP contribution in [0, 0.1) is 16.0 Å². The molecule has 0 saturated heterocycles. The van der Waals surface area contributed by atoms with Crippen LogP contribution in [0.1, 0.15) is 58.6 Å². The van der Waals surface area contributed by atoms with Gasteiger partial charge in [0, 0.05) is 6.07 Å². The van der Waals surface area contributed by atoms with Crippen molar-refractivity contribution in [2.75, 3.05) is 13.2 Å². The molecule has 0 radical (unpaired) electrons. The molecule has 0 saturated carbocycles. The van der Waals surface area contributed by atoms with E-state index < -0.39 is 56.9 Å². The molecule has 3 atom stereocenters. The summed E-state index contributed by atoms with van der Waals surface area (Å²) in [4.78, 5) is 66.7. The number of halogens is 1. The number of hydroxylamine groups is 1. The van der Waals surface area contributed by atoms with Crippen LogP contribution in [0.4, 0.5) is 5.69 Å². The summed E-state index contributed by atoms with van der Waals surface area (Å²) in [6.45, 7) is 8.50. The van der Waals surface area contributed by atoms with Gasteiger partial charge in [-0.1, -0.05) is 52.3 Å². The van der Waals surface area contributed by atoms with Gasteiger partial charge >= 0.3 is 23.6 Å². The van der Waals surface area contributed by atoms with Crippen LogP contribution in [-0.2, 0) is 51.3 Å². The van der Waals surface area contributed by atoms with Crippen molar-refractivity contribution < 1.29 is 47.9 Å². The number of nitrogens with one attached hydrogen (secondary N) is 1. The minimum absolute atomic E-state index is 0.0181. The average Bonchev–Trinajstić information content (AvgIpc) is 2.99. The van der Waals surface area contributed by atoms with Gasteiger partial charge in [-0.2, -0.15) is 0 Å². The highest BCUT2D eigenvalue weighted by Gasteiger charge is 2.32. The van der Waals surface area contributed by atoms with Gasteiger partial charge in [0.1, 0.15) is 17.4 Å². The minimum atomic E-state index is -1.41. The van der Waals surface area contributed by atoms with Gasteiger partial charge in [0.25, 0.3) is 5.91 Å². The molecule has 0 bridgehead atoms. The molecule has 1 N–H and O–H groups in total. The number of carbonyl (C=O) groups is 4. The summed E-state index contributed by atoms with van der Waals surface area (Å²) in [5.74, 6) is -4.59. The maximum Gasteiger partial charge on any atom is 0.347 e. The topological polar surface area (TPSA) is 170 Å². The number of carbonyl (C=O) groups excluding carboxylic acids is 4. The average molecular weight is 696 g/mol. The van der Waals surface area contributed by atoms with E-state index in [-0.39, 0.29) is 50.4 Å². The second kappa shape index (κ2) is 18.1. The predicted molar refractivity (Wildman–Crippen MR) is 165 cm³/mol. The number of nitrogens with zero attached hydrogens (tertiary/aromatic N) is 1. The lowest BCUT2D eigenvalue weighted by Crippen LogP contribution is -2.41. The number of alkyl halides is 1. The zero-order valence-corrected chi connectivity index (χ0v) is 27.5. The maximum atomic E-state index is 13.1. The second-order valence-corrected chi connectivity index (χ2v) is 11.9. The van der Waals surface area contributed by atoms with Crippen LogP contribution < -0.4 is 10.2 Å². The van der Waals surface area contributed by atoms with Gasteiger partial charge in [0.05, 0.1) is 23.7 Å². The first-order valence-electron chi connectivity index (χ1n) is 14.3. The predicted octanol–water partition coefficient (Wildman–Crippen LogP) is 4.76. The molecule has 2 aromatic carbocycles. The van der Waals surface area contributed by atoms with Crippen LogP contribution in [0.2, 0.25) is 0 Å². The van der Waals surface area contributed by atoms with Crippen molar-refractivity contribution in [1.29, 1.82) is 0 Å². The lowest BCUT2D eigenvalue weighted by molar-refractivity contribution is -0.386. The molecule has 45 heavy (non-hydrogen) atoms. The number of esters is 3. The molecule has 13 nitrogen and oxygen atoms in total. The quantitative estimate of drug-likeness (QED) is 0.0605. The summed E-state index contributed by atoms with van der Waals surface area (Å²) in [5, 5.41) is 12.1. The number of benzene rings is 2. The number of rotatable bonds is 17. The van der Waals surface area contributed by atoms with E-state index in [1.54, 1.807) is 58.9 Å². The highest BCUT2D eigenvalue weighted by atomic mass is 79.9. The van der Waals surface area contributed by atoms with Gasteiger partial charge in [-0.25, -0.2) is 10.3 Å². The zero-order valence-electron chi connectivity index (χ0n) is 25.9. The van der Waals surface area contributed by atoms with Gasteiger partial charge in [-0.3, -0.25) is 29.3 Å². The number of amides is 1. The van der Waals surface area contributed by atoms with Crippen LogP contribution in [-0.4, -0.2) is 58.5 Å². The van der Waals surface area contributed by atoms with Crippen molar-refractivity contribution in [3.8, 4) is 5.75 Å². The Morgan fingerprint density at radius 1 is 0.889 bits per heavy atom. The van der Waals surface area contributed by atoms with Crippen molar-refractivity contribution in [2.24, 2.45) is 5.92 Å². The first-order chi connectivity index (χ1) is 21.2. The zero-order chi connectivity index (χ0) is 33.6. The van der Waals surface area contributed by atoms with Crippen molar-refractivity contribution in [3.63, 3.8) is 0 Å². The SMILES string of the molecule is CCOC(=O)[C@H](CC[C@H](Br)C(=O)OCC)Oc1ccc(C[C@@H](C(=O)NOC(C)(C)C)C(=O)OCc2ccccc2)cc1[N+](=O)[O-]. The summed E-state index contributed by atoms with van der Waals surface area (Å²) in [7, 11) is 0. The minimum Gasteiger partial charge on any atom is -0.472 e. The van der Waals surface area contributed by atoms with E-state index in [0.717, 1.165) is 6.07 Å². The largest absolute Gasteiger partial charge is 0.472 e. The van der Waals surface area contributed by atoms with E-state index in [1.165, 1.54) is 12.1 Å². The van der Waals surface area contributed by atoms with Crippen molar-refractivity contribution >= 4 is 45.4 Å². The number of nitro benzene ring substituents is 1. The molecule has 0 aliphatic rings. The Morgan fingerprint density at radius 3 is 2.13 bits per heavy atom. The van der Waals surface area contributed by atoms with Gasteiger partial charge in [-0.15, -0.1) is 0 Å². The summed E-state index contributed by atoms with van der Waals surface area (Å²) in [6, 6.07) is 12.7. The smallest absolute Gasteiger partial charge is 0.347 e. The third-order valence-corrected chi connectivity index (χ3v) is 6.82. The first kappa shape index (κ1) is 37.1. The molecule has 0 fully saturated rings. The van der Waals surface area contributed by atoms with Gasteiger partial charge in [0.2, 0.25) is 0 Å². The fraction of sp³-hybridized carbons (Fsp3) is 0.484. The van der Waals surface area contributed by atoms with Crippen LogP contribution in [0.3, 0.4) is 0 Å². The Bertz CT molecular complexity index is 1310. The summed E-state index contributed by atoms with van der Waals surface area (Å²) in [5.41, 5.74) is 1.96. The van der Waals surface area contributed by atoms with Crippen LogP contribution in [0.15, 0.2) is 48.5 Å². The van der Waals surface area contributed by atoms with Gasteiger partial charge in [0.15, 0.2) is 11.9 Å². The third-order valence-electron chi connectivity index (χ3n) is 5.99. The van der Waals surface area contributed by atoms with Crippen LogP contribution >= 0.6 is 15.9 Å². The van der Waals surface area contributed by atoms with Gasteiger partial charge < -0.3 is 18.9 Å². The third kappa shape index (κ3) is 12.8. The Balaban J connectivity index is 2.31. The molecule has 14 heteroatoms. The molecule has 0 unspecified atom stereocenters. The summed E-state index contributed by atoms with van der Waals surface area (Å²) < 4.78 is 21.2. The van der Waals surface area contributed by atoms with Crippen LogP contribution in [0.25, 0.3) is 0 Å². The molecule has 2 aromatic rings. The molecule has 0 aliphatic carbocycles. The molecule has 1 amide bonds. The van der Waals surface area contributed by atoms with Crippen molar-refractivity contribution in [1.82, 2.24) is 5.48 Å². The van der Waals surface area contributed by atoms with Gasteiger partial charge in [-0.05, 0) is 71.1 Å². The fourth-order valence-corrected chi connectivity index (χ4v) is 4.21. The fourth-order valence-electron chi connectivity index (χ4n) is 3.82. The second-order valence-electron chi connectivity index (χ2n) is 10.7. The normalized spacial score (nSPS) is 13.1. The summed E-state index contributed by atoms with van der Waals surface area (Å²) in [6.07, 6.45) is -1.44. The van der Waals surface area contributed by atoms with Crippen molar-refractivity contribution in [2.45, 2.75) is 77.0 Å². The Hall–Kier alpha value is -4.04. The number of hydrogen-bond donors (Lipinski definition) is 1. The van der Waals surface area contributed by atoms with E-state index in [0.29, 0.717) is 5.56 Å². The first-order valence-corrected chi connectivity index (χ1v) is 15.3. The van der Waals surface area contributed by atoms with E-state index in [9.17, 15) is 29.3 Å².